The van der Waals surface area contributed by atoms with Crippen molar-refractivity contribution in [3.63, 3.8) is 0 Å². The summed E-state index contributed by atoms with van der Waals surface area (Å²) in [4.78, 5) is 0. The quantitative estimate of drug-likeness (QED) is 0.549. The van der Waals surface area contributed by atoms with Crippen molar-refractivity contribution >= 4 is 0 Å². The number of ether oxygens (including phenoxy) is 2. The second-order valence-corrected chi connectivity index (χ2v) is 3.12. The zero-order chi connectivity index (χ0) is 8.74. The van der Waals surface area contributed by atoms with Gasteiger partial charge in [0.25, 0.3) is 0 Å². The molecule has 0 aliphatic carbocycles. The Bertz CT molecular complexity index is 114. The predicted molar refractivity (Wildman–Crippen MR) is 46.1 cm³/mol. The smallest absolute Gasteiger partial charge is 0.0956 e. The van der Waals surface area contributed by atoms with Gasteiger partial charge in [0.1, 0.15) is 0 Å². The molecule has 0 aromatic carbocycles. The molecule has 64 valence electrons. The van der Waals surface area contributed by atoms with Crippen LogP contribution in [0.4, 0.5) is 0 Å². The van der Waals surface area contributed by atoms with Gasteiger partial charge in [-0.3, -0.25) is 0 Å². The van der Waals surface area contributed by atoms with Crippen LogP contribution in [0.3, 0.4) is 0 Å². The molecule has 0 aromatic heterocycles. The van der Waals surface area contributed by atoms with Gasteiger partial charge in [0.2, 0.25) is 0 Å². The Morgan fingerprint density at radius 3 is 1.73 bits per heavy atom. The maximum atomic E-state index is 5.04. The minimum Gasteiger partial charge on any atom is -0.501 e. The molecule has 0 bridgehead atoms. The molecule has 0 aromatic rings. The summed E-state index contributed by atoms with van der Waals surface area (Å²) in [5.74, 6) is 0. The van der Waals surface area contributed by atoms with Crippen LogP contribution >= 0.6 is 0 Å². The fraction of sp³-hybridized carbons (Fsp3) is 0.556. The van der Waals surface area contributed by atoms with Crippen molar-refractivity contribution in [2.24, 2.45) is 5.41 Å². The van der Waals surface area contributed by atoms with Crippen LogP contribution in [0.25, 0.3) is 0 Å². The van der Waals surface area contributed by atoms with Crippen LogP contribution in [0.1, 0.15) is 13.8 Å². The molecular formula is C9H16O2. The molecule has 0 saturated carbocycles. The molecule has 11 heavy (non-hydrogen) atoms. The molecule has 0 atom stereocenters. The van der Waals surface area contributed by atoms with Crippen molar-refractivity contribution in [2.75, 3.05) is 13.2 Å². The number of rotatable bonds is 6. The molecule has 2 heteroatoms. The Morgan fingerprint density at radius 2 is 1.45 bits per heavy atom. The average molecular weight is 156 g/mol. The average Bonchev–Trinajstić information content (AvgIpc) is 1.97. The third-order valence-corrected chi connectivity index (χ3v) is 1.18. The molecule has 0 aliphatic heterocycles. The normalized spacial score (nSPS) is 10.4. The Balaban J connectivity index is 3.59. The molecule has 0 radical (unpaired) electrons. The lowest BCUT2D eigenvalue weighted by Gasteiger charge is -2.22. The summed E-state index contributed by atoms with van der Waals surface area (Å²) in [7, 11) is 0. The summed E-state index contributed by atoms with van der Waals surface area (Å²) in [6.07, 6.45) is 2.88. The highest BCUT2D eigenvalue weighted by molar-refractivity contribution is 4.69. The minimum absolute atomic E-state index is 0.0162. The third-order valence-electron chi connectivity index (χ3n) is 1.18. The van der Waals surface area contributed by atoms with E-state index >= 15 is 0 Å². The van der Waals surface area contributed by atoms with Gasteiger partial charge in [-0.15, -0.1) is 0 Å². The third kappa shape index (κ3) is 5.52. The second kappa shape index (κ2) is 4.83. The SMILES string of the molecule is C=COCC(C)(C)COC=C. The highest BCUT2D eigenvalue weighted by Gasteiger charge is 2.18. The first kappa shape index (κ1) is 10.1. The van der Waals surface area contributed by atoms with E-state index in [1.54, 1.807) is 0 Å². The van der Waals surface area contributed by atoms with E-state index in [1.807, 2.05) is 0 Å². The van der Waals surface area contributed by atoms with Crippen LogP contribution in [0.15, 0.2) is 25.7 Å². The van der Waals surface area contributed by atoms with Crippen LogP contribution in [0, 0.1) is 5.41 Å². The molecule has 0 heterocycles. The molecule has 0 spiro atoms. The Kier molecular flexibility index (Phi) is 4.42. The lowest BCUT2D eigenvalue weighted by Crippen LogP contribution is -2.23. The van der Waals surface area contributed by atoms with Crippen molar-refractivity contribution in [2.45, 2.75) is 13.8 Å². The zero-order valence-electron chi connectivity index (χ0n) is 7.30. The van der Waals surface area contributed by atoms with Gasteiger partial charge in [-0.2, -0.15) is 0 Å². The van der Waals surface area contributed by atoms with Crippen molar-refractivity contribution in [3.05, 3.63) is 25.7 Å². The van der Waals surface area contributed by atoms with Crippen molar-refractivity contribution < 1.29 is 9.47 Å². The number of hydrogen-bond acceptors (Lipinski definition) is 2. The molecule has 0 unspecified atom stereocenters. The lowest BCUT2D eigenvalue weighted by atomic mass is 9.96. The van der Waals surface area contributed by atoms with Crippen LogP contribution in [-0.4, -0.2) is 13.2 Å². The van der Waals surface area contributed by atoms with E-state index in [4.69, 9.17) is 9.47 Å². The molecule has 2 nitrogen and oxygen atoms in total. The van der Waals surface area contributed by atoms with Crippen LogP contribution in [-0.2, 0) is 9.47 Å². The summed E-state index contributed by atoms with van der Waals surface area (Å²) in [5, 5.41) is 0. The number of hydrogen-bond donors (Lipinski definition) is 0. The van der Waals surface area contributed by atoms with Crippen LogP contribution in [0.5, 0.6) is 0 Å². The first-order chi connectivity index (χ1) is 5.12. The Hall–Kier alpha value is -0.920. The van der Waals surface area contributed by atoms with Gasteiger partial charge in [-0.25, -0.2) is 0 Å². The van der Waals surface area contributed by atoms with Crippen LogP contribution < -0.4 is 0 Å². The molecule has 0 aliphatic rings. The first-order valence-corrected chi connectivity index (χ1v) is 3.57. The lowest BCUT2D eigenvalue weighted by molar-refractivity contribution is 0.0662. The van der Waals surface area contributed by atoms with Crippen molar-refractivity contribution in [1.82, 2.24) is 0 Å². The highest BCUT2D eigenvalue weighted by atomic mass is 16.5. The maximum Gasteiger partial charge on any atom is 0.0956 e. The van der Waals surface area contributed by atoms with E-state index in [9.17, 15) is 0 Å². The van der Waals surface area contributed by atoms with E-state index in [0.717, 1.165) is 0 Å². The fourth-order valence-corrected chi connectivity index (χ4v) is 0.611. The molecule has 0 fully saturated rings. The molecule has 0 amide bonds. The summed E-state index contributed by atoms with van der Waals surface area (Å²) in [5.41, 5.74) is 0.0162. The summed E-state index contributed by atoms with van der Waals surface area (Å²) in [6.45, 7) is 12.3. The molecule has 0 saturated heterocycles. The Labute approximate surface area is 68.5 Å². The van der Waals surface area contributed by atoms with E-state index in [1.165, 1.54) is 12.5 Å². The standard InChI is InChI=1S/C9H16O2/c1-5-10-7-9(3,4)8-11-6-2/h5-6H,1-2,7-8H2,3-4H3. The van der Waals surface area contributed by atoms with Gasteiger partial charge in [0.15, 0.2) is 0 Å². The monoisotopic (exact) mass is 156 g/mol. The summed E-state index contributed by atoms with van der Waals surface area (Å²) >= 11 is 0. The first-order valence-electron chi connectivity index (χ1n) is 3.57. The zero-order valence-corrected chi connectivity index (χ0v) is 7.30. The molecule has 0 N–H and O–H groups in total. The van der Waals surface area contributed by atoms with Crippen LogP contribution in [0.2, 0.25) is 0 Å². The van der Waals surface area contributed by atoms with Gasteiger partial charge < -0.3 is 9.47 Å². The van der Waals surface area contributed by atoms with Gasteiger partial charge >= 0.3 is 0 Å². The highest BCUT2D eigenvalue weighted by Crippen LogP contribution is 2.15. The van der Waals surface area contributed by atoms with E-state index in [2.05, 4.69) is 27.0 Å². The Morgan fingerprint density at radius 1 is 1.09 bits per heavy atom. The van der Waals surface area contributed by atoms with E-state index in [-0.39, 0.29) is 5.41 Å². The molecular weight excluding hydrogens is 140 g/mol. The fourth-order valence-electron chi connectivity index (χ4n) is 0.611. The largest absolute Gasteiger partial charge is 0.501 e. The minimum atomic E-state index is 0.0162. The summed E-state index contributed by atoms with van der Waals surface area (Å²) in [6, 6.07) is 0. The van der Waals surface area contributed by atoms with Gasteiger partial charge in [-0.05, 0) is 0 Å². The maximum absolute atomic E-state index is 5.04. The topological polar surface area (TPSA) is 18.5 Å². The second-order valence-electron chi connectivity index (χ2n) is 3.12. The predicted octanol–water partition coefficient (Wildman–Crippen LogP) is 2.33. The van der Waals surface area contributed by atoms with Crippen molar-refractivity contribution in [1.29, 1.82) is 0 Å². The summed E-state index contributed by atoms with van der Waals surface area (Å²) < 4.78 is 10.1. The van der Waals surface area contributed by atoms with Gasteiger partial charge in [0, 0.05) is 5.41 Å². The van der Waals surface area contributed by atoms with E-state index < -0.39 is 0 Å². The van der Waals surface area contributed by atoms with Gasteiger partial charge in [0.05, 0.1) is 25.7 Å². The van der Waals surface area contributed by atoms with E-state index in [0.29, 0.717) is 13.2 Å². The van der Waals surface area contributed by atoms with Gasteiger partial charge in [-0.1, -0.05) is 27.0 Å². The van der Waals surface area contributed by atoms with Crippen molar-refractivity contribution in [3.8, 4) is 0 Å². The molecule has 0 rings (SSSR count).